The number of hydrogen-bond acceptors (Lipinski definition) is 4. The highest BCUT2D eigenvalue weighted by Crippen LogP contribution is 2.26. The van der Waals surface area contributed by atoms with Gasteiger partial charge in [-0.05, 0) is 56.5 Å². The Balaban J connectivity index is 1.43. The summed E-state index contributed by atoms with van der Waals surface area (Å²) in [5, 5.41) is 3.78. The van der Waals surface area contributed by atoms with Crippen LogP contribution in [0.5, 0.6) is 0 Å². The highest BCUT2D eigenvalue weighted by Gasteiger charge is 2.31. The summed E-state index contributed by atoms with van der Waals surface area (Å²) in [6, 6.07) is 4.87. The zero-order chi connectivity index (χ0) is 20.9. The number of sulfonamides is 1. The number of likely N-dealkylation sites (tertiary alicyclic amines) is 1. The van der Waals surface area contributed by atoms with Crippen molar-refractivity contribution in [3.8, 4) is 0 Å². The number of piperidine rings is 2. The summed E-state index contributed by atoms with van der Waals surface area (Å²) in [6.07, 6.45) is 4.88. The van der Waals surface area contributed by atoms with Crippen LogP contribution in [0.2, 0.25) is 10.0 Å². The topological polar surface area (TPSA) is 69.7 Å². The predicted molar refractivity (Wildman–Crippen MR) is 117 cm³/mol. The number of amides is 1. The molecule has 1 aromatic rings. The highest BCUT2D eigenvalue weighted by molar-refractivity contribution is 7.88. The number of nitrogens with zero attached hydrogens (tertiary/aromatic N) is 2. The molecule has 2 fully saturated rings. The number of halogens is 2. The normalized spacial score (nSPS) is 19.9. The molecule has 162 valence electrons. The van der Waals surface area contributed by atoms with Crippen molar-refractivity contribution in [1.29, 1.82) is 0 Å². The quantitative estimate of drug-likeness (QED) is 0.676. The molecule has 0 saturated carbocycles. The molecule has 0 aromatic heterocycles. The fourth-order valence-electron chi connectivity index (χ4n) is 3.99. The van der Waals surface area contributed by atoms with Crippen molar-refractivity contribution >= 4 is 39.1 Å². The van der Waals surface area contributed by atoms with Crippen molar-refractivity contribution in [1.82, 2.24) is 14.5 Å². The number of carbonyl (C=O) groups excluding carboxylic acids is 1. The second-order valence-corrected chi connectivity index (χ2v) is 10.7. The second kappa shape index (κ2) is 10.4. The molecular weight excluding hydrogens is 433 g/mol. The molecule has 2 heterocycles. The van der Waals surface area contributed by atoms with Gasteiger partial charge < -0.3 is 10.2 Å². The molecule has 0 radical (unpaired) electrons. The lowest BCUT2D eigenvalue weighted by atomic mass is 9.97. The van der Waals surface area contributed by atoms with Crippen LogP contribution in [0.4, 0.5) is 0 Å². The molecule has 0 aliphatic carbocycles. The molecule has 0 spiro atoms. The number of rotatable bonds is 7. The molecule has 1 aromatic carbocycles. The van der Waals surface area contributed by atoms with E-state index in [0.29, 0.717) is 48.1 Å². The molecule has 2 aliphatic heterocycles. The molecule has 0 atom stereocenters. The van der Waals surface area contributed by atoms with E-state index in [1.54, 1.807) is 18.2 Å². The Kier molecular flexibility index (Phi) is 8.22. The van der Waals surface area contributed by atoms with Crippen LogP contribution in [0.1, 0.15) is 37.7 Å². The Labute approximate surface area is 183 Å². The minimum Gasteiger partial charge on any atom is -0.355 e. The van der Waals surface area contributed by atoms with Gasteiger partial charge in [0.05, 0.1) is 15.8 Å². The van der Waals surface area contributed by atoms with Gasteiger partial charge in [-0.15, -0.1) is 0 Å². The van der Waals surface area contributed by atoms with Crippen LogP contribution in [-0.4, -0.2) is 62.8 Å². The first-order valence-electron chi connectivity index (χ1n) is 10.3. The van der Waals surface area contributed by atoms with Crippen molar-refractivity contribution in [3.63, 3.8) is 0 Å². The van der Waals surface area contributed by atoms with E-state index >= 15 is 0 Å². The largest absolute Gasteiger partial charge is 0.355 e. The third kappa shape index (κ3) is 6.56. The van der Waals surface area contributed by atoms with E-state index in [9.17, 15) is 13.2 Å². The molecular formula is C20H29Cl2N3O3S. The van der Waals surface area contributed by atoms with E-state index in [4.69, 9.17) is 23.2 Å². The first kappa shape index (κ1) is 22.8. The van der Waals surface area contributed by atoms with Crippen LogP contribution in [0.25, 0.3) is 0 Å². The number of nitrogens with one attached hydrogen (secondary N) is 1. The molecule has 3 rings (SSSR count). The number of hydrogen-bond donors (Lipinski definition) is 1. The maximum absolute atomic E-state index is 12.7. The SMILES string of the molecule is O=C(NCCN1CCCCC1)C1CCN(S(=O)(=O)Cc2ccc(Cl)c(Cl)c2)CC1. The Morgan fingerprint density at radius 3 is 2.38 bits per heavy atom. The summed E-state index contributed by atoms with van der Waals surface area (Å²) in [6.45, 7) is 4.52. The zero-order valence-electron chi connectivity index (χ0n) is 16.6. The minimum atomic E-state index is -3.45. The summed E-state index contributed by atoms with van der Waals surface area (Å²) in [7, 11) is -3.45. The van der Waals surface area contributed by atoms with Crippen LogP contribution in [0.15, 0.2) is 18.2 Å². The highest BCUT2D eigenvalue weighted by atomic mass is 35.5. The first-order valence-corrected chi connectivity index (χ1v) is 12.6. The lowest BCUT2D eigenvalue weighted by Gasteiger charge is -2.31. The Bertz CT molecular complexity index is 805. The lowest BCUT2D eigenvalue weighted by Crippen LogP contribution is -2.44. The molecule has 6 nitrogen and oxygen atoms in total. The van der Waals surface area contributed by atoms with Gasteiger partial charge in [0.1, 0.15) is 0 Å². The van der Waals surface area contributed by atoms with Crippen molar-refractivity contribution in [2.75, 3.05) is 39.3 Å². The summed E-state index contributed by atoms with van der Waals surface area (Å²) in [4.78, 5) is 14.8. The van der Waals surface area contributed by atoms with Gasteiger partial charge in [-0.3, -0.25) is 4.79 Å². The van der Waals surface area contributed by atoms with Gasteiger partial charge >= 0.3 is 0 Å². The molecule has 9 heteroatoms. The van der Waals surface area contributed by atoms with Gasteiger partial charge in [0.2, 0.25) is 15.9 Å². The predicted octanol–water partition coefficient (Wildman–Crippen LogP) is 3.14. The van der Waals surface area contributed by atoms with E-state index in [-0.39, 0.29) is 17.6 Å². The van der Waals surface area contributed by atoms with Crippen molar-refractivity contribution in [2.45, 2.75) is 37.9 Å². The van der Waals surface area contributed by atoms with Gasteiger partial charge in [-0.1, -0.05) is 35.7 Å². The van der Waals surface area contributed by atoms with Crippen LogP contribution < -0.4 is 5.32 Å². The molecule has 2 aliphatic rings. The van der Waals surface area contributed by atoms with E-state index in [1.807, 2.05) is 0 Å². The molecule has 1 amide bonds. The van der Waals surface area contributed by atoms with Gasteiger partial charge in [0, 0.05) is 32.1 Å². The lowest BCUT2D eigenvalue weighted by molar-refractivity contribution is -0.126. The third-order valence-corrected chi connectivity index (χ3v) is 8.32. The third-order valence-electron chi connectivity index (χ3n) is 5.73. The van der Waals surface area contributed by atoms with Gasteiger partial charge in [0.15, 0.2) is 0 Å². The van der Waals surface area contributed by atoms with E-state index < -0.39 is 10.0 Å². The summed E-state index contributed by atoms with van der Waals surface area (Å²) in [5.41, 5.74) is 0.608. The maximum atomic E-state index is 12.7. The number of carbonyl (C=O) groups is 1. The van der Waals surface area contributed by atoms with E-state index in [0.717, 1.165) is 19.6 Å². The molecule has 29 heavy (non-hydrogen) atoms. The van der Waals surface area contributed by atoms with E-state index in [2.05, 4.69) is 10.2 Å². The van der Waals surface area contributed by atoms with Crippen LogP contribution in [-0.2, 0) is 20.6 Å². The minimum absolute atomic E-state index is 0.0449. The molecule has 1 N–H and O–H groups in total. The Hall–Kier alpha value is -0.860. The number of benzene rings is 1. The van der Waals surface area contributed by atoms with Crippen molar-refractivity contribution in [2.24, 2.45) is 5.92 Å². The standard InChI is InChI=1S/C20H29Cl2N3O3S/c21-18-5-4-16(14-19(18)22)15-29(27,28)25-11-6-17(7-12-25)20(26)23-8-13-24-9-2-1-3-10-24/h4-5,14,17H,1-3,6-13,15H2,(H,23,26). The average Bonchev–Trinajstić information content (AvgIpc) is 2.71. The maximum Gasteiger partial charge on any atom is 0.223 e. The van der Waals surface area contributed by atoms with Gasteiger partial charge in [-0.2, -0.15) is 0 Å². The van der Waals surface area contributed by atoms with Crippen molar-refractivity contribution < 1.29 is 13.2 Å². The fraction of sp³-hybridized carbons (Fsp3) is 0.650. The van der Waals surface area contributed by atoms with Crippen LogP contribution in [0.3, 0.4) is 0 Å². The monoisotopic (exact) mass is 461 g/mol. The Morgan fingerprint density at radius 1 is 1.03 bits per heavy atom. The molecule has 0 unspecified atom stereocenters. The first-order chi connectivity index (χ1) is 13.8. The van der Waals surface area contributed by atoms with Gasteiger partial charge in [-0.25, -0.2) is 12.7 Å². The summed E-state index contributed by atoms with van der Waals surface area (Å²) >= 11 is 11.9. The Morgan fingerprint density at radius 2 is 1.72 bits per heavy atom. The zero-order valence-corrected chi connectivity index (χ0v) is 18.9. The van der Waals surface area contributed by atoms with Crippen LogP contribution >= 0.6 is 23.2 Å². The molecule has 2 saturated heterocycles. The molecule has 0 bridgehead atoms. The van der Waals surface area contributed by atoms with E-state index in [1.165, 1.54) is 23.6 Å². The summed E-state index contributed by atoms with van der Waals surface area (Å²) in [5.74, 6) is -0.187. The smallest absolute Gasteiger partial charge is 0.223 e. The van der Waals surface area contributed by atoms with Crippen molar-refractivity contribution in [3.05, 3.63) is 33.8 Å². The second-order valence-electron chi connectivity index (χ2n) is 7.87. The van der Waals surface area contributed by atoms with Crippen LogP contribution in [0, 0.1) is 5.92 Å². The average molecular weight is 462 g/mol. The fourth-order valence-corrected chi connectivity index (χ4v) is 5.86. The van der Waals surface area contributed by atoms with Gasteiger partial charge in [0.25, 0.3) is 0 Å². The summed E-state index contributed by atoms with van der Waals surface area (Å²) < 4.78 is 26.9.